The second-order valence-electron chi connectivity index (χ2n) is 9.33. The maximum Gasteiger partial charge on any atom is 0.0716 e. The van der Waals surface area contributed by atoms with Crippen LogP contribution in [0.2, 0.25) is 0 Å². The fraction of sp³-hybridized carbons (Fsp3) is 0.296. The van der Waals surface area contributed by atoms with E-state index in [1.54, 1.807) is 0 Å². The van der Waals surface area contributed by atoms with Crippen LogP contribution in [0.25, 0.3) is 31.8 Å². The van der Waals surface area contributed by atoms with Gasteiger partial charge in [0.05, 0.1) is 5.69 Å². The molecule has 29 heavy (non-hydrogen) atoms. The molecule has 2 heteroatoms. The van der Waals surface area contributed by atoms with Gasteiger partial charge >= 0.3 is 0 Å². The summed E-state index contributed by atoms with van der Waals surface area (Å²) >= 11 is 1.87. The van der Waals surface area contributed by atoms with E-state index in [0.717, 1.165) is 5.69 Å². The molecule has 0 fully saturated rings. The maximum absolute atomic E-state index is 4.81. The number of benzene rings is 2. The highest BCUT2D eigenvalue weighted by atomic mass is 32.1. The van der Waals surface area contributed by atoms with E-state index >= 15 is 0 Å². The van der Waals surface area contributed by atoms with Gasteiger partial charge < -0.3 is 0 Å². The zero-order valence-corrected chi connectivity index (χ0v) is 19.3. The Labute approximate surface area is 178 Å². The molecule has 0 saturated heterocycles. The number of aromatic nitrogens is 1. The van der Waals surface area contributed by atoms with Crippen molar-refractivity contribution in [3.05, 3.63) is 76.5 Å². The summed E-state index contributed by atoms with van der Waals surface area (Å²) in [6.07, 6.45) is 2.03. The zero-order valence-electron chi connectivity index (χ0n) is 18.5. The average Bonchev–Trinajstić information content (AvgIpc) is 3.02. The summed E-state index contributed by atoms with van der Waals surface area (Å²) in [6, 6.07) is 15.9. The van der Waals surface area contributed by atoms with Crippen LogP contribution in [0, 0.1) is 27.7 Å². The molecular weight excluding hydrogens is 370 g/mol. The Hall–Kier alpha value is -2.45. The van der Waals surface area contributed by atoms with Crippen molar-refractivity contribution in [3.63, 3.8) is 0 Å². The largest absolute Gasteiger partial charge is 0.256 e. The van der Waals surface area contributed by atoms with E-state index in [1.165, 1.54) is 53.9 Å². The number of hydrogen-bond donors (Lipinski definition) is 0. The van der Waals surface area contributed by atoms with E-state index < -0.39 is 0 Å². The maximum atomic E-state index is 4.81. The molecule has 0 aliphatic heterocycles. The number of fused-ring (bicyclic) bond motifs is 1. The SMILES string of the molecule is Cc1cc(-c2cc3sc(-c4c(C)cc(C)cc4C)cc3cn2)cc(C(C)(C)C)c1. The number of hydrogen-bond acceptors (Lipinski definition) is 2. The van der Waals surface area contributed by atoms with Gasteiger partial charge in [0.25, 0.3) is 0 Å². The summed E-state index contributed by atoms with van der Waals surface area (Å²) in [5, 5.41) is 1.22. The minimum atomic E-state index is 0.126. The predicted octanol–water partition coefficient (Wildman–Crippen LogP) is 8.16. The van der Waals surface area contributed by atoms with Gasteiger partial charge in [0.2, 0.25) is 0 Å². The second-order valence-corrected chi connectivity index (χ2v) is 10.4. The molecule has 0 atom stereocenters. The van der Waals surface area contributed by atoms with Crippen molar-refractivity contribution in [3.8, 4) is 21.7 Å². The van der Waals surface area contributed by atoms with Crippen LogP contribution in [0.1, 0.15) is 48.6 Å². The molecule has 4 rings (SSSR count). The van der Waals surface area contributed by atoms with E-state index in [1.807, 2.05) is 17.5 Å². The van der Waals surface area contributed by atoms with Gasteiger partial charge in [-0.15, -0.1) is 11.3 Å². The molecule has 0 saturated carbocycles. The van der Waals surface area contributed by atoms with Crippen molar-refractivity contribution in [2.45, 2.75) is 53.9 Å². The topological polar surface area (TPSA) is 12.9 Å². The van der Waals surface area contributed by atoms with Crippen LogP contribution in [0.4, 0.5) is 0 Å². The molecule has 2 heterocycles. The molecule has 0 radical (unpaired) electrons. The Kier molecular flexibility index (Phi) is 4.86. The van der Waals surface area contributed by atoms with Crippen molar-refractivity contribution in [2.75, 3.05) is 0 Å². The first-order chi connectivity index (χ1) is 13.6. The molecule has 0 amide bonds. The van der Waals surface area contributed by atoms with Gasteiger partial charge in [-0.3, -0.25) is 4.98 Å². The third-order valence-electron chi connectivity index (χ3n) is 5.56. The molecule has 4 aromatic rings. The Morgan fingerprint density at radius 3 is 2.07 bits per heavy atom. The van der Waals surface area contributed by atoms with Crippen LogP contribution >= 0.6 is 11.3 Å². The van der Waals surface area contributed by atoms with Crippen LogP contribution < -0.4 is 0 Å². The Balaban J connectivity index is 1.82. The lowest BCUT2D eigenvalue weighted by Gasteiger charge is -2.20. The molecule has 148 valence electrons. The molecule has 0 N–H and O–H groups in total. The highest BCUT2D eigenvalue weighted by molar-refractivity contribution is 7.22. The fourth-order valence-electron chi connectivity index (χ4n) is 4.15. The minimum absolute atomic E-state index is 0.126. The highest BCUT2D eigenvalue weighted by Gasteiger charge is 2.16. The van der Waals surface area contributed by atoms with Crippen LogP contribution in [0.5, 0.6) is 0 Å². The lowest BCUT2D eigenvalue weighted by atomic mass is 9.85. The van der Waals surface area contributed by atoms with Gasteiger partial charge in [-0.25, -0.2) is 0 Å². The number of rotatable bonds is 2. The van der Waals surface area contributed by atoms with Gasteiger partial charge in [0, 0.05) is 26.7 Å². The summed E-state index contributed by atoms with van der Waals surface area (Å²) in [4.78, 5) is 6.14. The standard InChI is InChI=1S/C27H29NS/c1-16-8-18(3)26(19(4)9-16)25-13-21-15-28-23(14-24(21)29-25)20-10-17(2)11-22(12-20)27(5,6)7/h8-15H,1-7H3. The number of aryl methyl sites for hydroxylation is 4. The van der Waals surface area contributed by atoms with Crippen LogP contribution in [-0.4, -0.2) is 4.98 Å². The first-order valence-corrected chi connectivity index (χ1v) is 11.0. The van der Waals surface area contributed by atoms with Gasteiger partial charge in [-0.05, 0) is 79.6 Å². The van der Waals surface area contributed by atoms with Crippen LogP contribution in [-0.2, 0) is 5.41 Å². The molecular formula is C27H29NS. The van der Waals surface area contributed by atoms with Crippen molar-refractivity contribution in [2.24, 2.45) is 0 Å². The third-order valence-corrected chi connectivity index (χ3v) is 6.68. The van der Waals surface area contributed by atoms with Gasteiger partial charge in [-0.1, -0.05) is 50.1 Å². The molecule has 2 aromatic heterocycles. The first kappa shape index (κ1) is 19.8. The highest BCUT2D eigenvalue weighted by Crippen LogP contribution is 2.38. The van der Waals surface area contributed by atoms with Crippen molar-refractivity contribution >= 4 is 21.4 Å². The quantitative estimate of drug-likeness (QED) is 0.331. The Morgan fingerprint density at radius 1 is 0.759 bits per heavy atom. The molecule has 0 spiro atoms. The van der Waals surface area contributed by atoms with Crippen molar-refractivity contribution in [1.29, 1.82) is 0 Å². The molecule has 0 bridgehead atoms. The van der Waals surface area contributed by atoms with Gasteiger partial charge in [-0.2, -0.15) is 0 Å². The smallest absolute Gasteiger partial charge is 0.0716 e. The van der Waals surface area contributed by atoms with Crippen LogP contribution in [0.3, 0.4) is 0 Å². The van der Waals surface area contributed by atoms with E-state index in [2.05, 4.69) is 90.9 Å². The minimum Gasteiger partial charge on any atom is -0.256 e. The van der Waals surface area contributed by atoms with Crippen molar-refractivity contribution < 1.29 is 0 Å². The summed E-state index contributed by atoms with van der Waals surface area (Å²) < 4.78 is 1.29. The van der Waals surface area contributed by atoms with Gasteiger partial charge in [0.15, 0.2) is 0 Å². The molecule has 0 aliphatic rings. The third kappa shape index (κ3) is 3.86. The summed E-state index contributed by atoms with van der Waals surface area (Å²) in [7, 11) is 0. The zero-order chi connectivity index (χ0) is 20.9. The monoisotopic (exact) mass is 399 g/mol. The van der Waals surface area contributed by atoms with Crippen molar-refractivity contribution in [1.82, 2.24) is 4.98 Å². The average molecular weight is 400 g/mol. The Morgan fingerprint density at radius 2 is 1.41 bits per heavy atom. The molecule has 1 nitrogen and oxygen atoms in total. The Bertz CT molecular complexity index is 1200. The van der Waals surface area contributed by atoms with E-state index in [0.29, 0.717) is 0 Å². The normalized spacial score (nSPS) is 12.0. The second kappa shape index (κ2) is 7.11. The first-order valence-electron chi connectivity index (χ1n) is 10.2. The van der Waals surface area contributed by atoms with Crippen LogP contribution in [0.15, 0.2) is 48.7 Å². The fourth-order valence-corrected chi connectivity index (χ4v) is 5.39. The number of thiophene rings is 1. The van der Waals surface area contributed by atoms with Gasteiger partial charge in [0.1, 0.15) is 0 Å². The van der Waals surface area contributed by atoms with E-state index in [9.17, 15) is 0 Å². The van der Waals surface area contributed by atoms with E-state index in [4.69, 9.17) is 4.98 Å². The van der Waals surface area contributed by atoms with E-state index in [-0.39, 0.29) is 5.41 Å². The lowest BCUT2D eigenvalue weighted by Crippen LogP contribution is -2.11. The number of pyridine rings is 1. The summed E-state index contributed by atoms with van der Waals surface area (Å²) in [5.41, 5.74) is 10.4. The predicted molar refractivity (Wildman–Crippen MR) is 128 cm³/mol. The summed E-state index contributed by atoms with van der Waals surface area (Å²) in [6.45, 7) is 15.6. The molecule has 0 aliphatic carbocycles. The summed E-state index contributed by atoms with van der Waals surface area (Å²) in [5.74, 6) is 0. The molecule has 0 unspecified atom stereocenters. The number of nitrogens with zero attached hydrogens (tertiary/aromatic N) is 1. The molecule has 2 aromatic carbocycles. The lowest BCUT2D eigenvalue weighted by molar-refractivity contribution is 0.590.